The minimum atomic E-state index is -0.378. The lowest BCUT2D eigenvalue weighted by Crippen LogP contribution is -2.30. The second-order valence-corrected chi connectivity index (χ2v) is 8.13. The van der Waals surface area contributed by atoms with Crippen LogP contribution in [0.4, 0.5) is 0 Å². The van der Waals surface area contributed by atoms with Gasteiger partial charge in [0.05, 0.1) is 5.25 Å². The van der Waals surface area contributed by atoms with E-state index in [4.69, 9.17) is 13.9 Å². The van der Waals surface area contributed by atoms with Crippen LogP contribution in [0.1, 0.15) is 23.6 Å². The smallest absolute Gasteiger partial charge is 0.277 e. The number of aromatic nitrogens is 2. The molecule has 0 fully saturated rings. The van der Waals surface area contributed by atoms with Gasteiger partial charge in [0.15, 0.2) is 11.5 Å². The number of nitrogens with one attached hydrogen (secondary N) is 1. The first-order valence-electron chi connectivity index (χ1n) is 9.23. The quantitative estimate of drug-likeness (QED) is 0.616. The van der Waals surface area contributed by atoms with Crippen molar-refractivity contribution >= 4 is 17.7 Å². The predicted octanol–water partition coefficient (Wildman–Crippen LogP) is 3.88. The molecule has 1 atom stereocenters. The minimum absolute atomic E-state index is 0.112. The first-order valence-corrected chi connectivity index (χ1v) is 10.1. The van der Waals surface area contributed by atoms with E-state index in [1.807, 2.05) is 43.3 Å². The van der Waals surface area contributed by atoms with Crippen molar-refractivity contribution in [3.63, 3.8) is 0 Å². The van der Waals surface area contributed by atoms with Crippen LogP contribution in [-0.4, -0.2) is 28.1 Å². The number of aryl methyl sites for hydroxylation is 2. The number of fused-ring (bicyclic) bond motifs is 1. The maximum Gasteiger partial charge on any atom is 0.277 e. The van der Waals surface area contributed by atoms with Crippen molar-refractivity contribution in [1.29, 1.82) is 0 Å². The molecule has 0 saturated heterocycles. The van der Waals surface area contributed by atoms with Crippen LogP contribution in [0.2, 0.25) is 0 Å². The lowest BCUT2D eigenvalue weighted by Gasteiger charge is -2.10. The van der Waals surface area contributed by atoms with Gasteiger partial charge in [0, 0.05) is 12.1 Å². The van der Waals surface area contributed by atoms with Crippen LogP contribution in [0, 0.1) is 13.8 Å². The molecule has 1 aliphatic rings. The van der Waals surface area contributed by atoms with E-state index in [9.17, 15) is 4.79 Å². The molecule has 8 heteroatoms. The van der Waals surface area contributed by atoms with Gasteiger partial charge in [-0.05, 0) is 61.7 Å². The van der Waals surface area contributed by atoms with Crippen LogP contribution in [0.5, 0.6) is 11.5 Å². The molecule has 2 aromatic carbocycles. The summed E-state index contributed by atoms with van der Waals surface area (Å²) < 4.78 is 16.4. The van der Waals surface area contributed by atoms with E-state index >= 15 is 0 Å². The van der Waals surface area contributed by atoms with Gasteiger partial charge < -0.3 is 19.2 Å². The molecule has 1 N–H and O–H groups in total. The van der Waals surface area contributed by atoms with Crippen molar-refractivity contribution in [1.82, 2.24) is 15.5 Å². The summed E-state index contributed by atoms with van der Waals surface area (Å²) in [6, 6.07) is 11.6. The number of carbonyl (C=O) groups is 1. The number of hydrogen-bond acceptors (Lipinski definition) is 7. The molecule has 0 radical (unpaired) electrons. The number of ether oxygens (including phenoxy) is 2. The zero-order valence-electron chi connectivity index (χ0n) is 16.4. The Morgan fingerprint density at radius 3 is 2.76 bits per heavy atom. The first kappa shape index (κ1) is 19.3. The fraction of sp³-hybridized carbons (Fsp3) is 0.286. The fourth-order valence-corrected chi connectivity index (χ4v) is 3.54. The van der Waals surface area contributed by atoms with E-state index < -0.39 is 0 Å². The molecule has 0 bridgehead atoms. The van der Waals surface area contributed by atoms with Crippen LogP contribution in [0.25, 0.3) is 11.5 Å². The van der Waals surface area contributed by atoms with Crippen LogP contribution in [0.15, 0.2) is 46.0 Å². The fourth-order valence-electron chi connectivity index (χ4n) is 2.84. The second kappa shape index (κ2) is 8.16. The lowest BCUT2D eigenvalue weighted by atomic mass is 10.1. The van der Waals surface area contributed by atoms with Gasteiger partial charge in [-0.3, -0.25) is 4.79 Å². The van der Waals surface area contributed by atoms with Gasteiger partial charge in [0.2, 0.25) is 18.6 Å². The molecule has 2 heterocycles. The summed E-state index contributed by atoms with van der Waals surface area (Å²) in [4.78, 5) is 12.4. The highest BCUT2D eigenvalue weighted by Gasteiger charge is 2.19. The number of thioether (sulfide) groups is 1. The van der Waals surface area contributed by atoms with Crippen LogP contribution in [-0.2, 0) is 11.3 Å². The van der Waals surface area contributed by atoms with E-state index in [2.05, 4.69) is 22.4 Å². The van der Waals surface area contributed by atoms with Crippen molar-refractivity contribution in [3.8, 4) is 23.0 Å². The molecular formula is C21H21N3O4S. The molecular weight excluding hydrogens is 390 g/mol. The van der Waals surface area contributed by atoms with Gasteiger partial charge in [-0.25, -0.2) is 0 Å². The van der Waals surface area contributed by atoms with Gasteiger partial charge in [-0.15, -0.1) is 10.2 Å². The summed E-state index contributed by atoms with van der Waals surface area (Å²) in [7, 11) is 0. The van der Waals surface area contributed by atoms with Gasteiger partial charge in [0.1, 0.15) is 0 Å². The first-order chi connectivity index (χ1) is 14.0. The summed E-state index contributed by atoms with van der Waals surface area (Å²) in [5.74, 6) is 1.76. The van der Waals surface area contributed by atoms with Crippen LogP contribution < -0.4 is 14.8 Å². The van der Waals surface area contributed by atoms with Gasteiger partial charge >= 0.3 is 0 Å². The van der Waals surface area contributed by atoms with Gasteiger partial charge in [0.25, 0.3) is 5.22 Å². The van der Waals surface area contributed by atoms with Crippen molar-refractivity contribution < 1.29 is 18.7 Å². The van der Waals surface area contributed by atoms with Crippen molar-refractivity contribution in [2.75, 3.05) is 6.79 Å². The van der Waals surface area contributed by atoms with Crippen molar-refractivity contribution in [2.24, 2.45) is 0 Å². The Morgan fingerprint density at radius 2 is 1.93 bits per heavy atom. The van der Waals surface area contributed by atoms with Crippen LogP contribution >= 0.6 is 11.8 Å². The molecule has 1 aliphatic heterocycles. The number of hydrogen-bond donors (Lipinski definition) is 1. The molecule has 0 spiro atoms. The van der Waals surface area contributed by atoms with Gasteiger partial charge in [-0.2, -0.15) is 0 Å². The van der Waals surface area contributed by atoms with Crippen molar-refractivity contribution in [2.45, 2.75) is 37.8 Å². The molecule has 0 saturated carbocycles. The molecule has 3 aromatic rings. The highest BCUT2D eigenvalue weighted by molar-refractivity contribution is 8.00. The van der Waals surface area contributed by atoms with E-state index in [1.165, 1.54) is 17.3 Å². The summed E-state index contributed by atoms with van der Waals surface area (Å²) in [6.07, 6.45) is 0. The van der Waals surface area contributed by atoms with E-state index in [1.54, 1.807) is 6.92 Å². The normalized spacial score (nSPS) is 13.3. The Labute approximate surface area is 172 Å². The number of amides is 1. The van der Waals surface area contributed by atoms with E-state index in [0.717, 1.165) is 22.4 Å². The summed E-state index contributed by atoms with van der Waals surface area (Å²) >= 11 is 1.23. The van der Waals surface area contributed by atoms with Crippen molar-refractivity contribution in [3.05, 3.63) is 53.1 Å². The molecule has 0 aliphatic carbocycles. The third kappa shape index (κ3) is 4.37. The van der Waals surface area contributed by atoms with E-state index in [0.29, 0.717) is 23.4 Å². The largest absolute Gasteiger partial charge is 0.454 e. The summed E-state index contributed by atoms with van der Waals surface area (Å²) in [5, 5.41) is 11.1. The average molecular weight is 411 g/mol. The second-order valence-electron chi connectivity index (χ2n) is 6.84. The Bertz CT molecular complexity index is 1050. The lowest BCUT2D eigenvalue weighted by molar-refractivity contribution is -0.120. The molecule has 1 aromatic heterocycles. The highest BCUT2D eigenvalue weighted by Crippen LogP contribution is 2.32. The molecule has 29 heavy (non-hydrogen) atoms. The summed E-state index contributed by atoms with van der Waals surface area (Å²) in [6.45, 7) is 6.53. The molecule has 1 unspecified atom stereocenters. The molecule has 4 rings (SSSR count). The standard InChI is InChI=1S/C21H21N3O4S/c1-12-4-6-16(8-13(12)2)20-23-24-21(28-20)29-14(3)19(25)22-10-15-5-7-17-18(9-15)27-11-26-17/h4-9,14H,10-11H2,1-3H3,(H,22,25). The molecule has 7 nitrogen and oxygen atoms in total. The number of rotatable bonds is 6. The topological polar surface area (TPSA) is 86.5 Å². The van der Waals surface area contributed by atoms with E-state index in [-0.39, 0.29) is 18.0 Å². The SMILES string of the molecule is Cc1ccc(-c2nnc(SC(C)C(=O)NCc3ccc4c(c3)OCO4)o2)cc1C. The summed E-state index contributed by atoms with van der Waals surface area (Å²) in [5.41, 5.74) is 4.17. The Morgan fingerprint density at radius 1 is 1.10 bits per heavy atom. The number of nitrogens with zero attached hydrogens (tertiary/aromatic N) is 2. The molecule has 1 amide bonds. The monoisotopic (exact) mass is 411 g/mol. The highest BCUT2D eigenvalue weighted by atomic mass is 32.2. The predicted molar refractivity (Wildman–Crippen MR) is 109 cm³/mol. The Kier molecular flexibility index (Phi) is 5.44. The Hall–Kier alpha value is -3.00. The number of carbonyl (C=O) groups excluding carboxylic acids is 1. The maximum atomic E-state index is 12.4. The maximum absolute atomic E-state index is 12.4. The third-order valence-electron chi connectivity index (χ3n) is 4.71. The zero-order valence-corrected chi connectivity index (χ0v) is 17.2. The molecule has 150 valence electrons. The van der Waals surface area contributed by atoms with Crippen LogP contribution in [0.3, 0.4) is 0 Å². The minimum Gasteiger partial charge on any atom is -0.454 e. The number of benzene rings is 2. The van der Waals surface area contributed by atoms with Gasteiger partial charge in [-0.1, -0.05) is 23.9 Å². The zero-order chi connectivity index (χ0) is 20.4. The Balaban J connectivity index is 1.34. The third-order valence-corrected chi connectivity index (χ3v) is 5.65. The average Bonchev–Trinajstić information content (AvgIpc) is 3.37.